The van der Waals surface area contributed by atoms with Crippen molar-refractivity contribution in [2.45, 2.75) is 46.0 Å². The van der Waals surface area contributed by atoms with Gasteiger partial charge in [-0.2, -0.15) is 0 Å². The average molecular weight is 270 g/mol. The highest BCUT2D eigenvalue weighted by Gasteiger charge is 2.20. The van der Waals surface area contributed by atoms with E-state index >= 15 is 0 Å². The number of ether oxygens (including phenoxy) is 1. The van der Waals surface area contributed by atoms with Crippen LogP contribution in [-0.2, 0) is 4.74 Å². The van der Waals surface area contributed by atoms with E-state index in [4.69, 9.17) is 4.74 Å². The molecule has 1 aromatic rings. The lowest BCUT2D eigenvalue weighted by atomic mass is 10.1. The SMILES string of the molecule is CCCCCCCOC(=O)c1c(F)ccc(C)c1F. The molecule has 1 rings (SSSR count). The molecule has 0 aromatic heterocycles. The van der Waals surface area contributed by atoms with Crippen molar-refractivity contribution < 1.29 is 18.3 Å². The van der Waals surface area contributed by atoms with E-state index in [1.165, 1.54) is 13.0 Å². The van der Waals surface area contributed by atoms with Crippen LogP contribution in [0.25, 0.3) is 0 Å². The van der Waals surface area contributed by atoms with Crippen LogP contribution in [0.1, 0.15) is 54.9 Å². The smallest absolute Gasteiger partial charge is 0.344 e. The van der Waals surface area contributed by atoms with Crippen molar-refractivity contribution >= 4 is 5.97 Å². The fraction of sp³-hybridized carbons (Fsp3) is 0.533. The molecule has 0 aliphatic rings. The maximum Gasteiger partial charge on any atom is 0.344 e. The van der Waals surface area contributed by atoms with Crippen molar-refractivity contribution in [1.29, 1.82) is 0 Å². The molecule has 2 nitrogen and oxygen atoms in total. The number of unbranched alkanes of at least 4 members (excludes halogenated alkanes) is 4. The molecule has 0 heterocycles. The average Bonchev–Trinajstić information content (AvgIpc) is 2.38. The second-order valence-electron chi connectivity index (χ2n) is 4.60. The van der Waals surface area contributed by atoms with Crippen LogP contribution in [-0.4, -0.2) is 12.6 Å². The van der Waals surface area contributed by atoms with Crippen LogP contribution < -0.4 is 0 Å². The first kappa shape index (κ1) is 15.6. The molecule has 0 aliphatic heterocycles. The van der Waals surface area contributed by atoms with Gasteiger partial charge < -0.3 is 4.74 Å². The van der Waals surface area contributed by atoms with E-state index in [1.807, 2.05) is 0 Å². The summed E-state index contributed by atoms with van der Waals surface area (Å²) in [5, 5.41) is 0. The molecular formula is C15H20F2O2. The van der Waals surface area contributed by atoms with Crippen LogP contribution in [0, 0.1) is 18.6 Å². The van der Waals surface area contributed by atoms with E-state index in [9.17, 15) is 13.6 Å². The van der Waals surface area contributed by atoms with Gasteiger partial charge in [-0.3, -0.25) is 0 Å². The largest absolute Gasteiger partial charge is 0.462 e. The van der Waals surface area contributed by atoms with Gasteiger partial charge in [-0.25, -0.2) is 13.6 Å². The molecule has 1 aromatic carbocycles. The van der Waals surface area contributed by atoms with Crippen LogP contribution in [0.3, 0.4) is 0 Å². The molecule has 0 amide bonds. The second kappa shape index (κ2) is 7.87. The number of halogens is 2. The van der Waals surface area contributed by atoms with E-state index in [0.717, 1.165) is 38.2 Å². The third-order valence-corrected chi connectivity index (χ3v) is 2.97. The normalized spacial score (nSPS) is 10.5. The standard InChI is InChI=1S/C15H20F2O2/c1-3-4-5-6-7-10-19-15(18)13-12(16)9-8-11(2)14(13)17/h8-9H,3-7,10H2,1-2H3. The summed E-state index contributed by atoms with van der Waals surface area (Å²) < 4.78 is 32.0. The summed E-state index contributed by atoms with van der Waals surface area (Å²) in [4.78, 5) is 11.6. The molecule has 0 radical (unpaired) electrons. The number of carbonyl (C=O) groups excluding carboxylic acids is 1. The van der Waals surface area contributed by atoms with E-state index in [0.29, 0.717) is 0 Å². The van der Waals surface area contributed by atoms with E-state index < -0.39 is 23.2 Å². The van der Waals surface area contributed by atoms with Crippen LogP contribution in [0.5, 0.6) is 0 Å². The molecule has 0 spiro atoms. The van der Waals surface area contributed by atoms with Gasteiger partial charge >= 0.3 is 5.97 Å². The van der Waals surface area contributed by atoms with Crippen molar-refractivity contribution in [1.82, 2.24) is 0 Å². The minimum absolute atomic E-state index is 0.204. The number of hydrogen-bond donors (Lipinski definition) is 0. The van der Waals surface area contributed by atoms with Crippen LogP contribution in [0.2, 0.25) is 0 Å². The first-order valence-electron chi connectivity index (χ1n) is 6.69. The number of esters is 1. The zero-order valence-electron chi connectivity index (χ0n) is 11.5. The lowest BCUT2D eigenvalue weighted by Gasteiger charge is -2.08. The zero-order valence-corrected chi connectivity index (χ0v) is 11.5. The fourth-order valence-corrected chi connectivity index (χ4v) is 1.79. The van der Waals surface area contributed by atoms with Gasteiger partial charge in [-0.15, -0.1) is 0 Å². The maximum absolute atomic E-state index is 13.6. The van der Waals surface area contributed by atoms with Gasteiger partial charge in [0.1, 0.15) is 17.2 Å². The Morgan fingerprint density at radius 3 is 2.53 bits per heavy atom. The molecule has 106 valence electrons. The Kier molecular flexibility index (Phi) is 6.46. The first-order valence-corrected chi connectivity index (χ1v) is 6.69. The monoisotopic (exact) mass is 270 g/mol. The predicted molar refractivity (Wildman–Crippen MR) is 70.1 cm³/mol. The van der Waals surface area contributed by atoms with E-state index in [2.05, 4.69) is 6.92 Å². The molecular weight excluding hydrogens is 250 g/mol. The zero-order chi connectivity index (χ0) is 14.3. The van der Waals surface area contributed by atoms with Crippen LogP contribution in [0.15, 0.2) is 12.1 Å². The van der Waals surface area contributed by atoms with Gasteiger partial charge in [0.15, 0.2) is 0 Å². The number of carbonyl (C=O) groups is 1. The number of hydrogen-bond acceptors (Lipinski definition) is 2. The Morgan fingerprint density at radius 1 is 1.16 bits per heavy atom. The molecule has 0 saturated heterocycles. The van der Waals surface area contributed by atoms with Crippen LogP contribution in [0.4, 0.5) is 8.78 Å². The summed E-state index contributed by atoms with van der Waals surface area (Å²) in [5.74, 6) is -2.63. The van der Waals surface area contributed by atoms with Crippen molar-refractivity contribution in [3.05, 3.63) is 34.9 Å². The van der Waals surface area contributed by atoms with Gasteiger partial charge in [0, 0.05) is 0 Å². The summed E-state index contributed by atoms with van der Waals surface area (Å²) in [7, 11) is 0. The second-order valence-corrected chi connectivity index (χ2v) is 4.60. The third-order valence-electron chi connectivity index (χ3n) is 2.97. The Hall–Kier alpha value is -1.45. The summed E-state index contributed by atoms with van der Waals surface area (Å²) in [6.45, 7) is 3.80. The summed E-state index contributed by atoms with van der Waals surface area (Å²) >= 11 is 0. The first-order chi connectivity index (χ1) is 9.07. The van der Waals surface area contributed by atoms with Gasteiger partial charge in [0.2, 0.25) is 0 Å². The molecule has 0 fully saturated rings. The van der Waals surface area contributed by atoms with Gasteiger partial charge in [-0.05, 0) is 25.0 Å². The van der Waals surface area contributed by atoms with Gasteiger partial charge in [0.25, 0.3) is 0 Å². The number of rotatable bonds is 7. The molecule has 0 bridgehead atoms. The Balaban J connectivity index is 2.48. The van der Waals surface area contributed by atoms with E-state index in [-0.39, 0.29) is 12.2 Å². The quantitative estimate of drug-likeness (QED) is 0.542. The van der Waals surface area contributed by atoms with Gasteiger partial charge in [-0.1, -0.05) is 38.7 Å². The molecule has 0 saturated carbocycles. The molecule has 19 heavy (non-hydrogen) atoms. The lowest BCUT2D eigenvalue weighted by molar-refractivity contribution is 0.0486. The van der Waals surface area contributed by atoms with Crippen molar-refractivity contribution in [2.75, 3.05) is 6.61 Å². The van der Waals surface area contributed by atoms with Crippen LogP contribution >= 0.6 is 0 Å². The van der Waals surface area contributed by atoms with Crippen molar-refractivity contribution in [2.24, 2.45) is 0 Å². The Morgan fingerprint density at radius 2 is 1.84 bits per heavy atom. The van der Waals surface area contributed by atoms with Crippen molar-refractivity contribution in [3.63, 3.8) is 0 Å². The predicted octanol–water partition coefficient (Wildman–Crippen LogP) is 4.40. The molecule has 0 atom stereocenters. The highest BCUT2D eigenvalue weighted by Crippen LogP contribution is 2.17. The number of benzene rings is 1. The minimum atomic E-state index is -0.922. The van der Waals surface area contributed by atoms with E-state index in [1.54, 1.807) is 0 Å². The number of aryl methyl sites for hydroxylation is 1. The summed E-state index contributed by atoms with van der Waals surface area (Å²) in [5.41, 5.74) is -0.357. The lowest BCUT2D eigenvalue weighted by Crippen LogP contribution is -2.12. The third kappa shape index (κ3) is 4.62. The molecule has 0 N–H and O–H groups in total. The summed E-state index contributed by atoms with van der Waals surface area (Å²) in [6, 6.07) is 2.38. The topological polar surface area (TPSA) is 26.3 Å². The fourth-order valence-electron chi connectivity index (χ4n) is 1.79. The minimum Gasteiger partial charge on any atom is -0.462 e. The molecule has 4 heteroatoms. The Bertz CT molecular complexity index is 430. The van der Waals surface area contributed by atoms with Gasteiger partial charge in [0.05, 0.1) is 6.61 Å². The maximum atomic E-state index is 13.6. The molecule has 0 aliphatic carbocycles. The highest BCUT2D eigenvalue weighted by atomic mass is 19.1. The summed E-state index contributed by atoms with van der Waals surface area (Å²) in [6.07, 6.45) is 5.05. The molecule has 0 unspecified atom stereocenters. The highest BCUT2D eigenvalue weighted by molar-refractivity contribution is 5.90. The Labute approximate surface area is 112 Å². The van der Waals surface area contributed by atoms with Crippen molar-refractivity contribution in [3.8, 4) is 0 Å².